The maximum atomic E-state index is 5.51. The van der Waals surface area contributed by atoms with Gasteiger partial charge >= 0.3 is 0 Å². The van der Waals surface area contributed by atoms with Crippen LogP contribution in [0.2, 0.25) is 0 Å². The van der Waals surface area contributed by atoms with E-state index in [1.54, 1.807) is 7.11 Å². The smallest absolute Gasteiger partial charge is 0.123 e. The summed E-state index contributed by atoms with van der Waals surface area (Å²) >= 11 is 3.67. The number of methoxy groups -OCH3 is 1. The predicted molar refractivity (Wildman–Crippen MR) is 70.3 cm³/mol. The van der Waals surface area contributed by atoms with Crippen LogP contribution in [0.3, 0.4) is 0 Å². The van der Waals surface area contributed by atoms with Crippen molar-refractivity contribution in [2.45, 2.75) is 25.7 Å². The minimum Gasteiger partial charge on any atom is -0.496 e. The third kappa shape index (κ3) is 2.41. The van der Waals surface area contributed by atoms with Gasteiger partial charge in [-0.3, -0.25) is 0 Å². The molecule has 1 N–H and O–H groups in total. The number of ether oxygens (including phenoxy) is 1. The summed E-state index contributed by atoms with van der Waals surface area (Å²) < 4.78 is 6.70. The third-order valence-electron chi connectivity index (χ3n) is 3.20. The molecule has 0 bridgehead atoms. The van der Waals surface area contributed by atoms with Crippen LogP contribution in [0.1, 0.15) is 29.9 Å². The van der Waals surface area contributed by atoms with Gasteiger partial charge in [-0.15, -0.1) is 0 Å². The van der Waals surface area contributed by atoms with Gasteiger partial charge < -0.3 is 10.1 Å². The molecule has 1 saturated heterocycles. The first-order valence-corrected chi connectivity index (χ1v) is 6.56. The molecule has 0 unspecified atom stereocenters. The Kier molecular flexibility index (Phi) is 3.87. The molecule has 1 aliphatic heterocycles. The molecule has 1 fully saturated rings. The first-order chi connectivity index (χ1) is 7.72. The molecule has 2 rings (SSSR count). The molecule has 1 aromatic carbocycles. The third-order valence-corrected chi connectivity index (χ3v) is 3.86. The molecule has 0 radical (unpaired) electrons. The van der Waals surface area contributed by atoms with Crippen LogP contribution in [-0.2, 0) is 0 Å². The number of piperidine rings is 1. The van der Waals surface area contributed by atoms with Crippen molar-refractivity contribution in [3.63, 3.8) is 0 Å². The normalized spacial score (nSPS) is 17.4. The molecule has 16 heavy (non-hydrogen) atoms. The molecule has 1 aliphatic rings. The van der Waals surface area contributed by atoms with Crippen molar-refractivity contribution in [3.8, 4) is 5.75 Å². The highest BCUT2D eigenvalue weighted by atomic mass is 79.9. The van der Waals surface area contributed by atoms with Gasteiger partial charge in [0.2, 0.25) is 0 Å². The Balaban J connectivity index is 2.37. The van der Waals surface area contributed by atoms with Gasteiger partial charge in [0.05, 0.1) is 7.11 Å². The fraction of sp³-hybridized carbons (Fsp3) is 0.538. The van der Waals surface area contributed by atoms with Gasteiger partial charge in [0.25, 0.3) is 0 Å². The second-order valence-electron chi connectivity index (χ2n) is 4.39. The van der Waals surface area contributed by atoms with E-state index < -0.39 is 0 Å². The van der Waals surface area contributed by atoms with Gasteiger partial charge in [-0.05, 0) is 56.5 Å². The highest BCUT2D eigenvalue weighted by Gasteiger charge is 2.21. The van der Waals surface area contributed by atoms with Crippen molar-refractivity contribution < 1.29 is 4.74 Å². The van der Waals surface area contributed by atoms with E-state index in [9.17, 15) is 0 Å². The predicted octanol–water partition coefficient (Wildman–Crippen LogP) is 3.23. The van der Waals surface area contributed by atoms with Gasteiger partial charge in [0.1, 0.15) is 5.75 Å². The number of nitrogens with one attached hydrogen (secondary N) is 1. The van der Waals surface area contributed by atoms with E-state index in [1.807, 2.05) is 0 Å². The molecule has 0 atom stereocenters. The standard InChI is InChI=1S/C13H18BrNO/c1-9-7-11(14)13(12(8-9)16-2)10-3-5-15-6-4-10/h7-8,10,15H,3-6H2,1-2H3. The molecule has 1 aromatic rings. The van der Waals surface area contributed by atoms with Gasteiger partial charge in [-0.2, -0.15) is 0 Å². The lowest BCUT2D eigenvalue weighted by molar-refractivity contribution is 0.390. The van der Waals surface area contributed by atoms with Crippen molar-refractivity contribution in [1.29, 1.82) is 0 Å². The average Bonchev–Trinajstić information content (AvgIpc) is 2.29. The zero-order valence-electron chi connectivity index (χ0n) is 9.85. The van der Waals surface area contributed by atoms with E-state index in [-0.39, 0.29) is 0 Å². The van der Waals surface area contributed by atoms with E-state index in [0.717, 1.165) is 18.8 Å². The number of aryl methyl sites for hydroxylation is 1. The second kappa shape index (κ2) is 5.19. The molecule has 0 amide bonds. The van der Waals surface area contributed by atoms with Crippen molar-refractivity contribution in [2.75, 3.05) is 20.2 Å². The summed E-state index contributed by atoms with van der Waals surface area (Å²) in [6, 6.07) is 4.31. The first kappa shape index (κ1) is 11.9. The second-order valence-corrected chi connectivity index (χ2v) is 5.24. The Bertz CT molecular complexity index is 372. The minimum atomic E-state index is 0.617. The fourth-order valence-corrected chi connectivity index (χ4v) is 3.28. The Morgan fingerprint density at radius 1 is 1.31 bits per heavy atom. The highest BCUT2D eigenvalue weighted by Crippen LogP contribution is 2.38. The van der Waals surface area contributed by atoms with E-state index in [2.05, 4.69) is 40.3 Å². The van der Waals surface area contributed by atoms with Crippen molar-refractivity contribution in [2.24, 2.45) is 0 Å². The lowest BCUT2D eigenvalue weighted by Crippen LogP contribution is -2.27. The zero-order valence-corrected chi connectivity index (χ0v) is 11.4. The molecule has 88 valence electrons. The van der Waals surface area contributed by atoms with E-state index in [1.165, 1.54) is 28.4 Å². The molecule has 3 heteroatoms. The van der Waals surface area contributed by atoms with E-state index in [4.69, 9.17) is 4.74 Å². The Labute approximate surface area is 106 Å². The monoisotopic (exact) mass is 283 g/mol. The summed E-state index contributed by atoms with van der Waals surface area (Å²) in [5, 5.41) is 3.40. The van der Waals surface area contributed by atoms with Gasteiger partial charge in [-0.1, -0.05) is 15.9 Å². The summed E-state index contributed by atoms with van der Waals surface area (Å²) in [4.78, 5) is 0. The number of rotatable bonds is 2. The number of halogens is 1. The quantitative estimate of drug-likeness (QED) is 0.900. The summed E-state index contributed by atoms with van der Waals surface area (Å²) in [6.07, 6.45) is 2.38. The van der Waals surface area contributed by atoms with Crippen molar-refractivity contribution in [1.82, 2.24) is 5.32 Å². The number of hydrogen-bond acceptors (Lipinski definition) is 2. The Morgan fingerprint density at radius 3 is 2.62 bits per heavy atom. The Morgan fingerprint density at radius 2 is 2.00 bits per heavy atom. The van der Waals surface area contributed by atoms with Gasteiger partial charge in [0, 0.05) is 10.0 Å². The summed E-state index contributed by atoms with van der Waals surface area (Å²) in [7, 11) is 1.76. The maximum absolute atomic E-state index is 5.51. The van der Waals surface area contributed by atoms with Crippen LogP contribution >= 0.6 is 15.9 Å². The van der Waals surface area contributed by atoms with Gasteiger partial charge in [0.15, 0.2) is 0 Å². The largest absolute Gasteiger partial charge is 0.496 e. The van der Waals surface area contributed by atoms with Crippen LogP contribution in [0.5, 0.6) is 5.75 Å². The summed E-state index contributed by atoms with van der Waals surface area (Å²) in [6.45, 7) is 4.31. The molecule has 1 heterocycles. The van der Waals surface area contributed by atoms with Crippen LogP contribution in [0.4, 0.5) is 0 Å². The molecule has 2 nitrogen and oxygen atoms in total. The lowest BCUT2D eigenvalue weighted by Gasteiger charge is -2.25. The molecule has 0 aliphatic carbocycles. The zero-order chi connectivity index (χ0) is 11.5. The number of benzene rings is 1. The summed E-state index contributed by atoms with van der Waals surface area (Å²) in [5.41, 5.74) is 2.58. The summed E-state index contributed by atoms with van der Waals surface area (Å²) in [5.74, 6) is 1.64. The Hall–Kier alpha value is -0.540. The van der Waals surface area contributed by atoms with Crippen LogP contribution < -0.4 is 10.1 Å². The van der Waals surface area contributed by atoms with Crippen LogP contribution in [0.25, 0.3) is 0 Å². The average molecular weight is 284 g/mol. The number of hydrogen-bond donors (Lipinski definition) is 1. The molecule has 0 spiro atoms. The van der Waals surface area contributed by atoms with E-state index in [0.29, 0.717) is 5.92 Å². The maximum Gasteiger partial charge on any atom is 0.123 e. The first-order valence-electron chi connectivity index (χ1n) is 5.77. The minimum absolute atomic E-state index is 0.617. The van der Waals surface area contributed by atoms with E-state index >= 15 is 0 Å². The molecular formula is C13H18BrNO. The van der Waals surface area contributed by atoms with Crippen LogP contribution in [-0.4, -0.2) is 20.2 Å². The van der Waals surface area contributed by atoms with Crippen molar-refractivity contribution >= 4 is 15.9 Å². The topological polar surface area (TPSA) is 21.3 Å². The molecule has 0 saturated carbocycles. The SMILES string of the molecule is COc1cc(C)cc(Br)c1C1CCNCC1. The van der Waals surface area contributed by atoms with Gasteiger partial charge in [-0.25, -0.2) is 0 Å². The van der Waals surface area contributed by atoms with Crippen molar-refractivity contribution in [3.05, 3.63) is 27.7 Å². The highest BCUT2D eigenvalue weighted by molar-refractivity contribution is 9.10. The fourth-order valence-electron chi connectivity index (χ4n) is 2.40. The van der Waals surface area contributed by atoms with Crippen LogP contribution in [0.15, 0.2) is 16.6 Å². The lowest BCUT2D eigenvalue weighted by atomic mass is 9.89. The van der Waals surface area contributed by atoms with Crippen LogP contribution in [0, 0.1) is 6.92 Å². The molecule has 0 aromatic heterocycles. The molecular weight excluding hydrogens is 266 g/mol.